The fourth-order valence-electron chi connectivity index (χ4n) is 4.55. The molecule has 194 valence electrons. The molecule has 0 aromatic heterocycles. The van der Waals surface area contributed by atoms with Crippen LogP contribution in [0.5, 0.6) is 0 Å². The molecule has 1 rings (SSSR count). The Kier molecular flexibility index (Phi) is 17.7. The molecule has 4 atom stereocenters. The Hall–Kier alpha value is -0.950. The van der Waals surface area contributed by atoms with Gasteiger partial charge in [0.2, 0.25) is 0 Å². The van der Waals surface area contributed by atoms with Crippen molar-refractivity contribution in [2.24, 2.45) is 23.7 Å². The average Bonchev–Trinajstić information content (AvgIpc) is 3.10. The van der Waals surface area contributed by atoms with Crippen molar-refractivity contribution in [1.29, 1.82) is 0 Å². The van der Waals surface area contributed by atoms with Crippen molar-refractivity contribution in [3.05, 3.63) is 12.2 Å². The minimum atomic E-state index is -0.375. The number of ether oxygens (including phenoxy) is 3. The third-order valence-electron chi connectivity index (χ3n) is 6.59. The van der Waals surface area contributed by atoms with E-state index in [2.05, 4.69) is 19.1 Å². The molecule has 1 aliphatic carbocycles. The zero-order valence-corrected chi connectivity index (χ0v) is 21.4. The van der Waals surface area contributed by atoms with Gasteiger partial charge in [0, 0.05) is 19.8 Å². The number of carbonyl (C=O) groups is 1. The summed E-state index contributed by atoms with van der Waals surface area (Å²) in [5.41, 5.74) is 0. The van der Waals surface area contributed by atoms with Crippen LogP contribution in [-0.4, -0.2) is 61.9 Å². The first-order valence-corrected chi connectivity index (χ1v) is 13.3. The van der Waals surface area contributed by atoms with Gasteiger partial charge in [0.15, 0.2) is 0 Å². The Bertz CT molecular complexity index is 507. The molecule has 6 heteroatoms. The van der Waals surface area contributed by atoms with Crippen LogP contribution < -0.4 is 0 Å². The highest BCUT2D eigenvalue weighted by molar-refractivity contribution is 5.71. The number of esters is 1. The second-order valence-corrected chi connectivity index (χ2v) is 9.67. The van der Waals surface area contributed by atoms with Gasteiger partial charge in [-0.15, -0.1) is 0 Å². The SMILES string of the molecule is CCCCCCCOCCOCC[C@@H]1C(C/C=C\CCCOC(=O)C(C)C)[C@@H](O)C[C@H]1CO. The second-order valence-electron chi connectivity index (χ2n) is 9.67. The Labute approximate surface area is 202 Å². The summed E-state index contributed by atoms with van der Waals surface area (Å²) in [4.78, 5) is 11.4. The minimum Gasteiger partial charge on any atom is -0.465 e. The van der Waals surface area contributed by atoms with Crippen molar-refractivity contribution in [1.82, 2.24) is 0 Å². The molecule has 0 bridgehead atoms. The van der Waals surface area contributed by atoms with E-state index >= 15 is 0 Å². The first-order valence-electron chi connectivity index (χ1n) is 13.3. The third-order valence-corrected chi connectivity index (χ3v) is 6.59. The van der Waals surface area contributed by atoms with Gasteiger partial charge in [-0.2, -0.15) is 0 Å². The smallest absolute Gasteiger partial charge is 0.308 e. The zero-order valence-electron chi connectivity index (χ0n) is 21.4. The van der Waals surface area contributed by atoms with Crippen molar-refractivity contribution in [2.45, 2.75) is 91.1 Å². The number of hydrogen-bond acceptors (Lipinski definition) is 6. The van der Waals surface area contributed by atoms with Crippen LogP contribution >= 0.6 is 0 Å². The number of allylic oxidation sites excluding steroid dienone is 2. The largest absolute Gasteiger partial charge is 0.465 e. The van der Waals surface area contributed by atoms with E-state index < -0.39 is 0 Å². The number of rotatable bonds is 20. The maximum Gasteiger partial charge on any atom is 0.308 e. The summed E-state index contributed by atoms with van der Waals surface area (Å²) in [6.45, 7) is 9.12. The summed E-state index contributed by atoms with van der Waals surface area (Å²) in [5, 5.41) is 20.3. The van der Waals surface area contributed by atoms with E-state index in [4.69, 9.17) is 14.2 Å². The fraction of sp³-hybridized carbons (Fsp3) is 0.889. The molecule has 0 heterocycles. The normalized spacial score (nSPS) is 23.1. The van der Waals surface area contributed by atoms with Crippen molar-refractivity contribution >= 4 is 5.97 Å². The van der Waals surface area contributed by atoms with Crippen molar-refractivity contribution in [3.8, 4) is 0 Å². The summed E-state index contributed by atoms with van der Waals surface area (Å²) in [6, 6.07) is 0. The Morgan fingerprint density at radius 1 is 0.939 bits per heavy atom. The van der Waals surface area contributed by atoms with Gasteiger partial charge in [0.05, 0.1) is 31.8 Å². The van der Waals surface area contributed by atoms with Crippen LogP contribution in [0.3, 0.4) is 0 Å². The molecular formula is C27H50O6. The Balaban J connectivity index is 2.20. The van der Waals surface area contributed by atoms with Gasteiger partial charge in [-0.05, 0) is 56.3 Å². The highest BCUT2D eigenvalue weighted by atomic mass is 16.5. The van der Waals surface area contributed by atoms with E-state index in [0.717, 1.165) is 38.7 Å². The number of carbonyl (C=O) groups excluding carboxylic acids is 1. The monoisotopic (exact) mass is 470 g/mol. The molecule has 0 radical (unpaired) electrons. The summed E-state index contributed by atoms with van der Waals surface area (Å²) >= 11 is 0. The molecule has 0 aromatic carbocycles. The van der Waals surface area contributed by atoms with Crippen molar-refractivity contribution in [3.63, 3.8) is 0 Å². The predicted molar refractivity (Wildman–Crippen MR) is 132 cm³/mol. The lowest BCUT2D eigenvalue weighted by atomic mass is 9.84. The molecule has 0 spiro atoms. The van der Waals surface area contributed by atoms with Crippen LogP contribution in [0.25, 0.3) is 0 Å². The van der Waals surface area contributed by atoms with Crippen LogP contribution in [0.2, 0.25) is 0 Å². The first-order chi connectivity index (χ1) is 16.0. The summed E-state index contributed by atoms with van der Waals surface area (Å²) in [7, 11) is 0. The minimum absolute atomic E-state index is 0.0855. The van der Waals surface area contributed by atoms with E-state index in [1.165, 1.54) is 25.7 Å². The molecule has 33 heavy (non-hydrogen) atoms. The standard InChI is InChI=1S/C27H50O6/c1-4-5-6-8-11-15-31-18-19-32-17-14-24-23(21-28)20-26(29)25(24)13-10-7-9-12-16-33-27(30)22(2)3/h7,10,22-26,28-29H,4-6,8-9,11-21H2,1-3H3/b10-7-/t23-,24-,25?,26-/m0/s1. The zero-order chi connectivity index (χ0) is 24.3. The summed E-state index contributed by atoms with van der Waals surface area (Å²) < 4.78 is 16.6. The lowest BCUT2D eigenvalue weighted by Gasteiger charge is -2.24. The molecule has 1 unspecified atom stereocenters. The molecule has 2 N–H and O–H groups in total. The lowest BCUT2D eigenvalue weighted by molar-refractivity contribution is -0.147. The quantitative estimate of drug-likeness (QED) is 0.149. The summed E-state index contributed by atoms with van der Waals surface area (Å²) in [5.74, 6) is 0.317. The molecule has 1 saturated carbocycles. The first kappa shape index (κ1) is 30.1. The average molecular weight is 471 g/mol. The second kappa shape index (κ2) is 19.4. The summed E-state index contributed by atoms with van der Waals surface area (Å²) in [6.07, 6.45) is 14.0. The van der Waals surface area contributed by atoms with Gasteiger partial charge in [-0.25, -0.2) is 0 Å². The topological polar surface area (TPSA) is 85.2 Å². The van der Waals surface area contributed by atoms with Gasteiger partial charge in [0.25, 0.3) is 0 Å². The number of hydrogen-bond donors (Lipinski definition) is 2. The molecular weight excluding hydrogens is 420 g/mol. The van der Waals surface area contributed by atoms with Crippen LogP contribution in [0.15, 0.2) is 12.2 Å². The molecule has 1 aliphatic rings. The van der Waals surface area contributed by atoms with Crippen LogP contribution in [-0.2, 0) is 19.0 Å². The van der Waals surface area contributed by atoms with E-state index in [0.29, 0.717) is 32.8 Å². The molecule has 0 aromatic rings. The molecule has 0 amide bonds. The Morgan fingerprint density at radius 2 is 1.67 bits per heavy atom. The number of aliphatic hydroxyl groups excluding tert-OH is 2. The number of aliphatic hydroxyl groups is 2. The maximum atomic E-state index is 11.4. The van der Waals surface area contributed by atoms with Gasteiger partial charge in [-0.3, -0.25) is 4.79 Å². The molecule has 1 fully saturated rings. The predicted octanol–water partition coefficient (Wildman–Crippen LogP) is 4.91. The van der Waals surface area contributed by atoms with Gasteiger partial charge in [-0.1, -0.05) is 58.6 Å². The highest BCUT2D eigenvalue weighted by Gasteiger charge is 2.40. The van der Waals surface area contributed by atoms with Crippen LogP contribution in [0.4, 0.5) is 0 Å². The fourth-order valence-corrected chi connectivity index (χ4v) is 4.55. The van der Waals surface area contributed by atoms with E-state index in [-0.39, 0.29) is 42.4 Å². The van der Waals surface area contributed by atoms with Gasteiger partial charge in [0.1, 0.15) is 0 Å². The Morgan fingerprint density at radius 3 is 2.36 bits per heavy atom. The number of unbranched alkanes of at least 4 members (excludes halogenated alkanes) is 5. The molecule has 6 nitrogen and oxygen atoms in total. The highest BCUT2D eigenvalue weighted by Crippen LogP contribution is 2.41. The van der Waals surface area contributed by atoms with Gasteiger partial charge < -0.3 is 24.4 Å². The van der Waals surface area contributed by atoms with Crippen molar-refractivity contribution in [2.75, 3.05) is 39.6 Å². The van der Waals surface area contributed by atoms with E-state index in [1.807, 2.05) is 13.8 Å². The molecule has 0 saturated heterocycles. The van der Waals surface area contributed by atoms with Crippen molar-refractivity contribution < 1.29 is 29.2 Å². The lowest BCUT2D eigenvalue weighted by Crippen LogP contribution is -2.23. The maximum absolute atomic E-state index is 11.4. The van der Waals surface area contributed by atoms with E-state index in [1.54, 1.807) is 0 Å². The van der Waals surface area contributed by atoms with Gasteiger partial charge >= 0.3 is 5.97 Å². The van der Waals surface area contributed by atoms with Crippen LogP contribution in [0, 0.1) is 23.7 Å². The van der Waals surface area contributed by atoms with Crippen LogP contribution in [0.1, 0.15) is 85.0 Å². The molecule has 0 aliphatic heterocycles. The third kappa shape index (κ3) is 13.5. The van der Waals surface area contributed by atoms with E-state index in [9.17, 15) is 15.0 Å².